The Morgan fingerprint density at radius 2 is 1.77 bits per heavy atom. The predicted octanol–water partition coefficient (Wildman–Crippen LogP) is 1.51. The molecule has 1 fully saturated rings. The van der Waals surface area contributed by atoms with Crippen LogP contribution >= 0.6 is 0 Å². The maximum absolute atomic E-state index is 12.3. The number of nitrogens with zero attached hydrogens (tertiary/aromatic N) is 1. The van der Waals surface area contributed by atoms with Crippen molar-refractivity contribution in [3.8, 4) is 0 Å². The number of hydrogen-bond donors (Lipinski definition) is 2. The highest BCUT2D eigenvalue weighted by atomic mass is 32.2. The van der Waals surface area contributed by atoms with Gasteiger partial charge in [-0.3, -0.25) is 0 Å². The van der Waals surface area contributed by atoms with Crippen molar-refractivity contribution in [2.45, 2.75) is 50.2 Å². The number of aryl methyl sites for hydroxylation is 1. The van der Waals surface area contributed by atoms with Crippen molar-refractivity contribution in [2.24, 2.45) is 0 Å². The van der Waals surface area contributed by atoms with Gasteiger partial charge in [0, 0.05) is 25.7 Å². The first-order valence-corrected chi connectivity index (χ1v) is 9.23. The van der Waals surface area contributed by atoms with Gasteiger partial charge in [-0.15, -0.1) is 0 Å². The van der Waals surface area contributed by atoms with E-state index in [1.54, 1.807) is 24.3 Å². The van der Waals surface area contributed by atoms with Gasteiger partial charge < -0.3 is 10.0 Å². The number of nitrogens with one attached hydrogen (secondary N) is 1. The maximum Gasteiger partial charge on any atom is 0.240 e. The van der Waals surface area contributed by atoms with Gasteiger partial charge in [0.1, 0.15) is 0 Å². The number of aliphatic hydroxyl groups is 1. The SMILES string of the molecule is Cc1ccc(S(=O)(=O)NCC2(O)CCN(C(C)C)CC2)cc1. The largest absolute Gasteiger partial charge is 0.388 e. The molecule has 0 aliphatic carbocycles. The second kappa shape index (κ2) is 6.66. The van der Waals surface area contributed by atoms with Crippen molar-refractivity contribution >= 4 is 10.0 Å². The second-order valence-electron chi connectivity index (χ2n) is 6.49. The minimum atomic E-state index is -3.57. The fourth-order valence-electron chi connectivity index (χ4n) is 2.66. The van der Waals surface area contributed by atoms with Crippen LogP contribution in [-0.2, 0) is 10.0 Å². The minimum absolute atomic E-state index is 0.0646. The quantitative estimate of drug-likeness (QED) is 0.860. The number of sulfonamides is 1. The molecule has 1 aromatic carbocycles. The van der Waals surface area contributed by atoms with E-state index in [1.807, 2.05) is 6.92 Å². The van der Waals surface area contributed by atoms with Crippen LogP contribution in [0.15, 0.2) is 29.2 Å². The Morgan fingerprint density at radius 3 is 2.27 bits per heavy atom. The highest BCUT2D eigenvalue weighted by Gasteiger charge is 2.34. The molecule has 0 bridgehead atoms. The topological polar surface area (TPSA) is 69.6 Å². The van der Waals surface area contributed by atoms with Gasteiger partial charge >= 0.3 is 0 Å². The Balaban J connectivity index is 1.96. The summed E-state index contributed by atoms with van der Waals surface area (Å²) in [6.07, 6.45) is 1.17. The fraction of sp³-hybridized carbons (Fsp3) is 0.625. The van der Waals surface area contributed by atoms with Gasteiger partial charge in [0.15, 0.2) is 0 Å². The fourth-order valence-corrected chi connectivity index (χ4v) is 3.78. The molecule has 0 aromatic heterocycles. The predicted molar refractivity (Wildman–Crippen MR) is 87.3 cm³/mol. The van der Waals surface area contributed by atoms with Gasteiger partial charge in [0.05, 0.1) is 10.5 Å². The van der Waals surface area contributed by atoms with E-state index in [0.29, 0.717) is 18.9 Å². The number of hydrogen-bond acceptors (Lipinski definition) is 4. The molecule has 1 aliphatic heterocycles. The van der Waals surface area contributed by atoms with Crippen LogP contribution in [0.4, 0.5) is 0 Å². The first-order valence-electron chi connectivity index (χ1n) is 7.75. The van der Waals surface area contributed by atoms with Crippen molar-refractivity contribution in [3.63, 3.8) is 0 Å². The average molecular weight is 326 g/mol. The third-order valence-electron chi connectivity index (χ3n) is 4.38. The summed E-state index contributed by atoms with van der Waals surface area (Å²) in [7, 11) is -3.57. The molecule has 6 heteroatoms. The van der Waals surface area contributed by atoms with Crippen LogP contribution in [-0.4, -0.2) is 49.7 Å². The summed E-state index contributed by atoms with van der Waals surface area (Å²) in [6.45, 7) is 7.82. The zero-order valence-electron chi connectivity index (χ0n) is 13.5. The maximum atomic E-state index is 12.3. The van der Waals surface area contributed by atoms with Crippen molar-refractivity contribution in [2.75, 3.05) is 19.6 Å². The lowest BCUT2D eigenvalue weighted by Crippen LogP contribution is -2.52. The van der Waals surface area contributed by atoms with E-state index in [9.17, 15) is 13.5 Å². The first kappa shape index (κ1) is 17.4. The molecule has 1 heterocycles. The molecule has 124 valence electrons. The molecule has 0 radical (unpaired) electrons. The van der Waals surface area contributed by atoms with E-state index < -0.39 is 15.6 Å². The normalized spacial score (nSPS) is 19.5. The summed E-state index contributed by atoms with van der Waals surface area (Å²) < 4.78 is 27.1. The standard InChI is InChI=1S/C16H26N2O3S/c1-13(2)18-10-8-16(19,9-11-18)12-17-22(20,21)15-6-4-14(3)5-7-15/h4-7,13,17,19H,8-12H2,1-3H3. The lowest BCUT2D eigenvalue weighted by molar-refractivity contribution is -0.0228. The van der Waals surface area contributed by atoms with Gasteiger partial charge in [-0.2, -0.15) is 0 Å². The van der Waals surface area contributed by atoms with Crippen LogP contribution in [0.1, 0.15) is 32.3 Å². The Morgan fingerprint density at radius 1 is 1.23 bits per heavy atom. The second-order valence-corrected chi connectivity index (χ2v) is 8.26. The number of piperidine rings is 1. The van der Waals surface area contributed by atoms with E-state index in [4.69, 9.17) is 0 Å². The highest BCUT2D eigenvalue weighted by Crippen LogP contribution is 2.23. The molecule has 2 N–H and O–H groups in total. The molecule has 0 amide bonds. The molecule has 0 atom stereocenters. The summed E-state index contributed by atoms with van der Waals surface area (Å²) in [5.41, 5.74) is 0.0574. The zero-order valence-corrected chi connectivity index (χ0v) is 14.4. The minimum Gasteiger partial charge on any atom is -0.388 e. The van der Waals surface area contributed by atoms with Gasteiger partial charge in [0.25, 0.3) is 0 Å². The van der Waals surface area contributed by atoms with Gasteiger partial charge in [0.2, 0.25) is 10.0 Å². The van der Waals surface area contributed by atoms with Gasteiger partial charge in [-0.1, -0.05) is 17.7 Å². The van der Waals surface area contributed by atoms with Crippen molar-refractivity contribution in [1.29, 1.82) is 0 Å². The van der Waals surface area contributed by atoms with E-state index in [2.05, 4.69) is 23.5 Å². The van der Waals surface area contributed by atoms with Crippen molar-refractivity contribution in [3.05, 3.63) is 29.8 Å². The van der Waals surface area contributed by atoms with Crippen LogP contribution in [0.3, 0.4) is 0 Å². The Hall–Kier alpha value is -0.950. The van der Waals surface area contributed by atoms with Crippen LogP contribution in [0.2, 0.25) is 0 Å². The first-order chi connectivity index (χ1) is 10.2. The van der Waals surface area contributed by atoms with Crippen LogP contribution in [0, 0.1) is 6.92 Å². The van der Waals surface area contributed by atoms with Crippen LogP contribution < -0.4 is 4.72 Å². The van der Waals surface area contributed by atoms with E-state index >= 15 is 0 Å². The molecule has 1 aromatic rings. The molecule has 1 aliphatic rings. The summed E-state index contributed by atoms with van der Waals surface area (Å²) in [4.78, 5) is 2.53. The lowest BCUT2D eigenvalue weighted by Gasteiger charge is -2.40. The average Bonchev–Trinajstić information content (AvgIpc) is 2.46. The van der Waals surface area contributed by atoms with E-state index in [1.165, 1.54) is 0 Å². The van der Waals surface area contributed by atoms with E-state index in [-0.39, 0.29) is 11.4 Å². The Bertz CT molecular complexity index is 588. The summed E-state index contributed by atoms with van der Waals surface area (Å²) in [5.74, 6) is 0. The highest BCUT2D eigenvalue weighted by molar-refractivity contribution is 7.89. The Kier molecular flexibility index (Phi) is 5.27. The summed E-state index contributed by atoms with van der Waals surface area (Å²) >= 11 is 0. The zero-order chi connectivity index (χ0) is 16.4. The van der Waals surface area contributed by atoms with Crippen molar-refractivity contribution < 1.29 is 13.5 Å². The molecule has 1 saturated heterocycles. The molecular weight excluding hydrogens is 300 g/mol. The Labute approximate surface area is 133 Å². The summed E-state index contributed by atoms with van der Waals surface area (Å²) in [5, 5.41) is 10.6. The number of rotatable bonds is 5. The molecule has 5 nitrogen and oxygen atoms in total. The van der Waals surface area contributed by atoms with Gasteiger partial charge in [-0.05, 0) is 45.7 Å². The van der Waals surface area contributed by atoms with Crippen LogP contribution in [0.5, 0.6) is 0 Å². The molecule has 22 heavy (non-hydrogen) atoms. The summed E-state index contributed by atoms with van der Waals surface area (Å²) in [6, 6.07) is 7.16. The molecule has 0 unspecified atom stereocenters. The number of likely N-dealkylation sites (tertiary alicyclic amines) is 1. The molecule has 0 spiro atoms. The van der Waals surface area contributed by atoms with Gasteiger partial charge in [-0.25, -0.2) is 13.1 Å². The third-order valence-corrected chi connectivity index (χ3v) is 5.80. The number of benzene rings is 1. The molecular formula is C16H26N2O3S. The molecule has 2 rings (SSSR count). The monoisotopic (exact) mass is 326 g/mol. The lowest BCUT2D eigenvalue weighted by atomic mass is 9.91. The van der Waals surface area contributed by atoms with E-state index in [0.717, 1.165) is 18.7 Å². The van der Waals surface area contributed by atoms with Crippen LogP contribution in [0.25, 0.3) is 0 Å². The smallest absolute Gasteiger partial charge is 0.240 e. The molecule has 0 saturated carbocycles. The van der Waals surface area contributed by atoms with Crippen molar-refractivity contribution in [1.82, 2.24) is 9.62 Å². The third kappa shape index (κ3) is 4.29.